The van der Waals surface area contributed by atoms with Gasteiger partial charge in [0.25, 0.3) is 0 Å². The average molecular weight is 326 g/mol. The fourth-order valence-electron chi connectivity index (χ4n) is 2.77. The Balaban J connectivity index is 2.12. The van der Waals surface area contributed by atoms with Gasteiger partial charge in [-0.25, -0.2) is 0 Å². The molecule has 0 aromatic heterocycles. The molecule has 0 radical (unpaired) electrons. The minimum absolute atomic E-state index is 0.00281. The molecule has 2 N–H and O–H groups in total. The summed E-state index contributed by atoms with van der Waals surface area (Å²) in [5, 5.41) is 0. The van der Waals surface area contributed by atoms with Crippen LogP contribution in [0.25, 0.3) is 0 Å². The van der Waals surface area contributed by atoms with Crippen molar-refractivity contribution < 1.29 is 4.74 Å². The molecule has 0 spiro atoms. The molecule has 1 aromatic rings. The summed E-state index contributed by atoms with van der Waals surface area (Å²) in [6.45, 7) is 6.67. The predicted octanol–water partition coefficient (Wildman–Crippen LogP) is 4.67. The summed E-state index contributed by atoms with van der Waals surface area (Å²) >= 11 is 3.51. The van der Waals surface area contributed by atoms with Gasteiger partial charge in [-0.1, -0.05) is 35.8 Å². The van der Waals surface area contributed by atoms with E-state index in [0.29, 0.717) is 6.10 Å². The van der Waals surface area contributed by atoms with Crippen LogP contribution in [0, 0.1) is 11.8 Å². The minimum atomic E-state index is 0.00281. The van der Waals surface area contributed by atoms with Gasteiger partial charge in [-0.2, -0.15) is 0 Å². The first-order valence-corrected chi connectivity index (χ1v) is 7.98. The third kappa shape index (κ3) is 3.73. The van der Waals surface area contributed by atoms with Gasteiger partial charge in [0, 0.05) is 16.1 Å². The molecule has 0 amide bonds. The molecule has 3 heteroatoms. The summed E-state index contributed by atoms with van der Waals surface area (Å²) in [5.41, 5.74) is 7.12. The lowest BCUT2D eigenvalue weighted by molar-refractivity contribution is 0.0994. The Hall–Kier alpha value is -0.540. The maximum Gasteiger partial charge on any atom is 0.125 e. The van der Waals surface area contributed by atoms with Crippen LogP contribution in [0.15, 0.2) is 22.7 Å². The number of hydrogen-bond donors (Lipinski definition) is 1. The summed E-state index contributed by atoms with van der Waals surface area (Å²) in [7, 11) is 0. The second kappa shape index (κ2) is 6.27. The first kappa shape index (κ1) is 14.9. The van der Waals surface area contributed by atoms with Crippen molar-refractivity contribution in [3.63, 3.8) is 0 Å². The molecule has 2 nitrogen and oxygen atoms in total. The normalized spacial score (nSPS) is 29.0. The van der Waals surface area contributed by atoms with E-state index in [4.69, 9.17) is 10.5 Å². The highest BCUT2D eigenvalue weighted by Crippen LogP contribution is 2.34. The largest absolute Gasteiger partial charge is 0.490 e. The number of ether oxygens (including phenoxy) is 1. The van der Waals surface area contributed by atoms with E-state index in [0.717, 1.165) is 40.5 Å². The van der Waals surface area contributed by atoms with Crippen molar-refractivity contribution >= 4 is 15.9 Å². The minimum Gasteiger partial charge on any atom is -0.490 e. The molecule has 0 saturated heterocycles. The SMILES string of the molecule is CC(N)c1ccc(Br)cc1OC1CCC(C)C(C)C1. The zero-order valence-electron chi connectivity index (χ0n) is 12.0. The van der Waals surface area contributed by atoms with Gasteiger partial charge in [-0.15, -0.1) is 0 Å². The van der Waals surface area contributed by atoms with Gasteiger partial charge in [0.1, 0.15) is 5.75 Å². The first-order chi connectivity index (χ1) is 8.97. The van der Waals surface area contributed by atoms with Crippen molar-refractivity contribution in [3.8, 4) is 5.75 Å². The zero-order chi connectivity index (χ0) is 14.0. The molecule has 19 heavy (non-hydrogen) atoms. The Morgan fingerprint density at radius 2 is 2.00 bits per heavy atom. The van der Waals surface area contributed by atoms with Crippen LogP contribution >= 0.6 is 15.9 Å². The fourth-order valence-corrected chi connectivity index (χ4v) is 3.11. The second-order valence-corrected chi connectivity index (χ2v) is 6.89. The average Bonchev–Trinajstić information content (AvgIpc) is 2.33. The summed E-state index contributed by atoms with van der Waals surface area (Å²) in [5.74, 6) is 2.50. The highest BCUT2D eigenvalue weighted by molar-refractivity contribution is 9.10. The van der Waals surface area contributed by atoms with Crippen LogP contribution in [0.1, 0.15) is 51.6 Å². The van der Waals surface area contributed by atoms with Crippen LogP contribution in [-0.2, 0) is 0 Å². The van der Waals surface area contributed by atoms with Gasteiger partial charge >= 0.3 is 0 Å². The van der Waals surface area contributed by atoms with Gasteiger partial charge in [0.2, 0.25) is 0 Å². The number of nitrogens with two attached hydrogens (primary N) is 1. The monoisotopic (exact) mass is 325 g/mol. The summed E-state index contributed by atoms with van der Waals surface area (Å²) < 4.78 is 7.28. The third-order valence-corrected chi connectivity index (χ3v) is 4.80. The molecule has 0 bridgehead atoms. The summed E-state index contributed by atoms with van der Waals surface area (Å²) in [6.07, 6.45) is 3.88. The van der Waals surface area contributed by atoms with E-state index >= 15 is 0 Å². The molecule has 1 fully saturated rings. The predicted molar refractivity (Wildman–Crippen MR) is 83.3 cm³/mol. The van der Waals surface area contributed by atoms with E-state index in [1.54, 1.807) is 0 Å². The fraction of sp³-hybridized carbons (Fsp3) is 0.625. The van der Waals surface area contributed by atoms with Gasteiger partial charge in [0.05, 0.1) is 6.10 Å². The Bertz CT molecular complexity index is 433. The zero-order valence-corrected chi connectivity index (χ0v) is 13.6. The topological polar surface area (TPSA) is 35.2 Å². The molecule has 0 heterocycles. The maximum atomic E-state index is 6.24. The van der Waals surface area contributed by atoms with Crippen LogP contribution in [0.4, 0.5) is 0 Å². The van der Waals surface area contributed by atoms with E-state index in [1.807, 2.05) is 19.1 Å². The van der Waals surface area contributed by atoms with Gasteiger partial charge < -0.3 is 10.5 Å². The van der Waals surface area contributed by atoms with E-state index in [9.17, 15) is 0 Å². The molecule has 1 aromatic carbocycles. The lowest BCUT2D eigenvalue weighted by atomic mass is 9.80. The van der Waals surface area contributed by atoms with Gasteiger partial charge in [-0.05, 0) is 50.2 Å². The van der Waals surface area contributed by atoms with Gasteiger partial charge in [0.15, 0.2) is 0 Å². The van der Waals surface area contributed by atoms with E-state index in [-0.39, 0.29) is 6.04 Å². The first-order valence-electron chi connectivity index (χ1n) is 7.19. The Labute approximate surface area is 124 Å². The van der Waals surface area contributed by atoms with Crippen molar-refractivity contribution in [2.75, 3.05) is 0 Å². The molecule has 4 unspecified atom stereocenters. The van der Waals surface area contributed by atoms with E-state index < -0.39 is 0 Å². The molecule has 4 atom stereocenters. The van der Waals surface area contributed by atoms with Crippen LogP contribution in [0.5, 0.6) is 5.75 Å². The Morgan fingerprint density at radius 3 is 2.63 bits per heavy atom. The van der Waals surface area contributed by atoms with Crippen LogP contribution in [0.3, 0.4) is 0 Å². The van der Waals surface area contributed by atoms with Crippen molar-refractivity contribution in [2.45, 2.75) is 52.2 Å². The lowest BCUT2D eigenvalue weighted by Crippen LogP contribution is -2.29. The molecule has 1 aliphatic rings. The smallest absolute Gasteiger partial charge is 0.125 e. The third-order valence-electron chi connectivity index (χ3n) is 4.31. The van der Waals surface area contributed by atoms with Crippen molar-refractivity contribution in [1.82, 2.24) is 0 Å². The van der Waals surface area contributed by atoms with Crippen molar-refractivity contribution in [2.24, 2.45) is 17.6 Å². The van der Waals surface area contributed by atoms with E-state index in [1.165, 1.54) is 6.42 Å². The number of halogens is 1. The van der Waals surface area contributed by atoms with Crippen LogP contribution < -0.4 is 10.5 Å². The lowest BCUT2D eigenvalue weighted by Gasteiger charge is -2.33. The number of rotatable bonds is 3. The molecule has 1 saturated carbocycles. The molecule has 106 valence electrons. The standard InChI is InChI=1S/C16H24BrNO/c1-10-4-6-14(8-11(10)2)19-16-9-13(17)5-7-15(16)12(3)18/h5,7,9-12,14H,4,6,8,18H2,1-3H3. The highest BCUT2D eigenvalue weighted by Gasteiger charge is 2.26. The molecule has 1 aliphatic carbocycles. The van der Waals surface area contributed by atoms with Crippen LogP contribution in [0.2, 0.25) is 0 Å². The van der Waals surface area contributed by atoms with Crippen molar-refractivity contribution in [1.29, 1.82) is 0 Å². The Morgan fingerprint density at radius 1 is 1.26 bits per heavy atom. The molecular formula is C16H24BrNO. The van der Waals surface area contributed by atoms with Gasteiger partial charge in [-0.3, -0.25) is 0 Å². The van der Waals surface area contributed by atoms with E-state index in [2.05, 4.69) is 35.8 Å². The van der Waals surface area contributed by atoms with Crippen molar-refractivity contribution in [3.05, 3.63) is 28.2 Å². The Kier molecular flexibility index (Phi) is 4.91. The quantitative estimate of drug-likeness (QED) is 0.876. The molecular weight excluding hydrogens is 302 g/mol. The molecule has 2 rings (SSSR count). The van der Waals surface area contributed by atoms with Crippen LogP contribution in [-0.4, -0.2) is 6.10 Å². The number of benzene rings is 1. The highest BCUT2D eigenvalue weighted by atomic mass is 79.9. The number of hydrogen-bond acceptors (Lipinski definition) is 2. The maximum absolute atomic E-state index is 6.24. The summed E-state index contributed by atoms with van der Waals surface area (Å²) in [6, 6.07) is 6.13. The molecule has 0 aliphatic heterocycles. The summed E-state index contributed by atoms with van der Waals surface area (Å²) in [4.78, 5) is 0. The second-order valence-electron chi connectivity index (χ2n) is 5.98.